The molecule has 0 aliphatic carbocycles. The van der Waals surface area contributed by atoms with Gasteiger partial charge in [0.2, 0.25) is 11.8 Å². The molecular formula is C22H34N2O6. The number of fused-ring (bicyclic) bond motifs is 1. The fraction of sp³-hybridized carbons (Fsp3) is 0.773. The number of hydrogen-bond acceptors (Lipinski definition) is 6. The minimum Gasteiger partial charge on any atom is -0.466 e. The Balaban J connectivity index is 2.04. The summed E-state index contributed by atoms with van der Waals surface area (Å²) >= 11 is 0. The molecule has 8 heteroatoms. The van der Waals surface area contributed by atoms with Crippen LogP contribution in [0, 0.1) is 11.8 Å². The molecule has 0 aromatic heterocycles. The van der Waals surface area contributed by atoms with Gasteiger partial charge in [0.1, 0.15) is 11.6 Å². The van der Waals surface area contributed by atoms with Crippen LogP contribution in [-0.2, 0) is 23.9 Å². The molecule has 1 spiro atoms. The van der Waals surface area contributed by atoms with E-state index in [2.05, 4.69) is 6.58 Å². The lowest BCUT2D eigenvalue weighted by atomic mass is 9.70. The summed E-state index contributed by atoms with van der Waals surface area (Å²) < 4.78 is 11.6. The topological polar surface area (TPSA) is 96.4 Å². The summed E-state index contributed by atoms with van der Waals surface area (Å²) in [6, 6.07) is -0.829. The minimum absolute atomic E-state index is 0.0945. The molecule has 2 amide bonds. The number of esters is 1. The molecule has 8 nitrogen and oxygen atoms in total. The first kappa shape index (κ1) is 22.7. The van der Waals surface area contributed by atoms with E-state index in [1.807, 2.05) is 20.8 Å². The highest BCUT2D eigenvalue weighted by Crippen LogP contribution is 2.58. The van der Waals surface area contributed by atoms with Crippen LogP contribution in [0.1, 0.15) is 47.0 Å². The van der Waals surface area contributed by atoms with Gasteiger partial charge in [-0.25, -0.2) is 0 Å². The zero-order valence-electron chi connectivity index (χ0n) is 18.4. The summed E-state index contributed by atoms with van der Waals surface area (Å²) in [5, 5.41) is 9.35. The van der Waals surface area contributed by atoms with Gasteiger partial charge in [-0.15, -0.1) is 6.58 Å². The van der Waals surface area contributed by atoms with E-state index in [9.17, 15) is 19.5 Å². The second-order valence-corrected chi connectivity index (χ2v) is 9.33. The highest BCUT2D eigenvalue weighted by Gasteiger charge is 2.75. The Labute approximate surface area is 178 Å². The van der Waals surface area contributed by atoms with Crippen LogP contribution in [0.4, 0.5) is 0 Å². The molecule has 2 unspecified atom stereocenters. The van der Waals surface area contributed by atoms with Crippen molar-refractivity contribution in [2.45, 2.75) is 70.2 Å². The molecule has 0 saturated carbocycles. The van der Waals surface area contributed by atoms with Crippen molar-refractivity contribution in [1.29, 1.82) is 0 Å². The highest BCUT2D eigenvalue weighted by atomic mass is 16.6. The lowest BCUT2D eigenvalue weighted by molar-refractivity contribution is -0.155. The maximum absolute atomic E-state index is 13.9. The molecule has 3 rings (SSSR count). The molecule has 0 aromatic carbocycles. The fourth-order valence-corrected chi connectivity index (χ4v) is 5.39. The Kier molecular flexibility index (Phi) is 6.30. The molecule has 30 heavy (non-hydrogen) atoms. The summed E-state index contributed by atoms with van der Waals surface area (Å²) in [7, 11) is 0. The third-order valence-corrected chi connectivity index (χ3v) is 6.54. The SMILES string of the molecule is C=CCN(C(=O)C1N(CCCO)C(=O)[C@@H]2[C@@H](C(=O)OCC)[C@H]3CCC12O3)C(C)(C)C. The van der Waals surface area contributed by atoms with Crippen LogP contribution < -0.4 is 0 Å². The molecule has 3 aliphatic rings. The Morgan fingerprint density at radius 2 is 2.13 bits per heavy atom. The maximum Gasteiger partial charge on any atom is 0.312 e. The number of nitrogens with zero attached hydrogens (tertiary/aromatic N) is 2. The van der Waals surface area contributed by atoms with Crippen LogP contribution in [0.15, 0.2) is 12.7 Å². The molecular weight excluding hydrogens is 388 g/mol. The van der Waals surface area contributed by atoms with Crippen molar-refractivity contribution < 1.29 is 29.0 Å². The van der Waals surface area contributed by atoms with Crippen LogP contribution in [-0.4, -0.2) is 82.3 Å². The molecule has 3 aliphatic heterocycles. The van der Waals surface area contributed by atoms with Crippen molar-refractivity contribution >= 4 is 17.8 Å². The number of carbonyl (C=O) groups is 3. The smallest absolute Gasteiger partial charge is 0.312 e. The van der Waals surface area contributed by atoms with Crippen LogP contribution in [0.2, 0.25) is 0 Å². The number of rotatable bonds is 8. The first-order chi connectivity index (χ1) is 14.1. The number of aliphatic hydroxyl groups is 1. The zero-order valence-corrected chi connectivity index (χ0v) is 18.4. The summed E-state index contributed by atoms with van der Waals surface area (Å²) in [5.74, 6) is -2.32. The number of carbonyl (C=O) groups excluding carboxylic acids is 3. The van der Waals surface area contributed by atoms with Gasteiger partial charge in [0.15, 0.2) is 0 Å². The molecule has 0 aromatic rings. The molecule has 3 fully saturated rings. The quantitative estimate of drug-likeness (QED) is 0.465. The summed E-state index contributed by atoms with van der Waals surface area (Å²) in [6.45, 7) is 12.0. The molecule has 3 heterocycles. The number of aliphatic hydroxyl groups excluding tert-OH is 1. The fourth-order valence-electron chi connectivity index (χ4n) is 5.39. The normalized spacial score (nSPS) is 32.3. The average molecular weight is 423 g/mol. The van der Waals surface area contributed by atoms with Crippen LogP contribution in [0.25, 0.3) is 0 Å². The van der Waals surface area contributed by atoms with Gasteiger partial charge < -0.3 is 24.4 Å². The monoisotopic (exact) mass is 422 g/mol. The van der Waals surface area contributed by atoms with Gasteiger partial charge in [0.25, 0.3) is 0 Å². The van der Waals surface area contributed by atoms with Crippen molar-refractivity contribution in [2.75, 3.05) is 26.3 Å². The van der Waals surface area contributed by atoms with E-state index in [-0.39, 0.29) is 31.6 Å². The molecule has 2 bridgehead atoms. The molecule has 5 atom stereocenters. The van der Waals surface area contributed by atoms with E-state index in [1.165, 1.54) is 4.90 Å². The first-order valence-corrected chi connectivity index (χ1v) is 10.8. The third kappa shape index (κ3) is 3.43. The van der Waals surface area contributed by atoms with Crippen molar-refractivity contribution in [1.82, 2.24) is 9.80 Å². The van der Waals surface area contributed by atoms with Crippen LogP contribution >= 0.6 is 0 Å². The minimum atomic E-state index is -1.03. The van der Waals surface area contributed by atoms with Crippen molar-refractivity contribution in [3.05, 3.63) is 12.7 Å². The lowest BCUT2D eigenvalue weighted by Crippen LogP contribution is -2.60. The lowest BCUT2D eigenvalue weighted by Gasteiger charge is -2.42. The van der Waals surface area contributed by atoms with Crippen LogP contribution in [0.3, 0.4) is 0 Å². The molecule has 3 saturated heterocycles. The van der Waals surface area contributed by atoms with Gasteiger partial charge in [-0.3, -0.25) is 14.4 Å². The van der Waals surface area contributed by atoms with Crippen LogP contribution in [0.5, 0.6) is 0 Å². The number of likely N-dealkylation sites (tertiary alicyclic amines) is 1. The predicted molar refractivity (Wildman–Crippen MR) is 109 cm³/mol. The third-order valence-electron chi connectivity index (χ3n) is 6.54. The van der Waals surface area contributed by atoms with Crippen molar-refractivity contribution in [2.24, 2.45) is 11.8 Å². The number of hydrogen-bond donors (Lipinski definition) is 1. The van der Waals surface area contributed by atoms with E-state index < -0.39 is 41.1 Å². The van der Waals surface area contributed by atoms with E-state index >= 15 is 0 Å². The Morgan fingerprint density at radius 3 is 2.70 bits per heavy atom. The van der Waals surface area contributed by atoms with Gasteiger partial charge in [0, 0.05) is 25.2 Å². The zero-order chi connectivity index (χ0) is 22.3. The molecule has 1 N–H and O–H groups in total. The summed E-state index contributed by atoms with van der Waals surface area (Å²) in [5.41, 5.74) is -1.51. The number of ether oxygens (including phenoxy) is 2. The van der Waals surface area contributed by atoms with E-state index in [0.717, 1.165) is 0 Å². The van der Waals surface area contributed by atoms with Crippen molar-refractivity contribution in [3.8, 4) is 0 Å². The maximum atomic E-state index is 13.9. The Bertz CT molecular complexity index is 717. The Morgan fingerprint density at radius 1 is 1.43 bits per heavy atom. The van der Waals surface area contributed by atoms with Gasteiger partial charge in [-0.05, 0) is 47.0 Å². The van der Waals surface area contributed by atoms with Gasteiger partial charge in [-0.1, -0.05) is 6.08 Å². The summed E-state index contributed by atoms with van der Waals surface area (Å²) in [6.07, 6.45) is 2.77. The molecule has 0 radical (unpaired) electrons. The number of amides is 2. The largest absolute Gasteiger partial charge is 0.466 e. The molecule has 168 valence electrons. The van der Waals surface area contributed by atoms with E-state index in [0.29, 0.717) is 25.8 Å². The second kappa shape index (κ2) is 8.30. The van der Waals surface area contributed by atoms with E-state index in [1.54, 1.807) is 17.9 Å². The standard InChI is InChI=1S/C22H34N2O6/c1-6-11-24(21(3,4)5)19(27)17-22-10-9-14(30-22)15(20(28)29-7-2)16(22)18(26)23(17)12-8-13-25/h6,14-17,25H,1,7-13H2,2-5H3/t14-,15+,16+,17?,22?/m1/s1. The predicted octanol–water partition coefficient (Wildman–Crippen LogP) is 1.12. The first-order valence-electron chi connectivity index (χ1n) is 10.8. The van der Waals surface area contributed by atoms with Gasteiger partial charge in [0.05, 0.1) is 24.5 Å². The summed E-state index contributed by atoms with van der Waals surface area (Å²) in [4.78, 5) is 43.3. The second-order valence-electron chi connectivity index (χ2n) is 9.33. The van der Waals surface area contributed by atoms with Gasteiger partial charge in [-0.2, -0.15) is 0 Å². The Hall–Kier alpha value is -1.93. The van der Waals surface area contributed by atoms with E-state index in [4.69, 9.17) is 9.47 Å². The van der Waals surface area contributed by atoms with Crippen molar-refractivity contribution in [3.63, 3.8) is 0 Å². The van der Waals surface area contributed by atoms with Gasteiger partial charge >= 0.3 is 5.97 Å². The highest BCUT2D eigenvalue weighted by molar-refractivity contribution is 5.98. The average Bonchev–Trinajstić information content (AvgIpc) is 3.30.